The fourth-order valence-corrected chi connectivity index (χ4v) is 1.56. The first kappa shape index (κ1) is 13.1. The molecule has 0 saturated heterocycles. The lowest BCUT2D eigenvalue weighted by Gasteiger charge is -2.09. The number of hydrogen-bond acceptors (Lipinski definition) is 3. The minimum Gasteiger partial charge on any atom is -0.464 e. The summed E-state index contributed by atoms with van der Waals surface area (Å²) in [5.74, 6) is -1.84. The van der Waals surface area contributed by atoms with E-state index in [2.05, 4.69) is 0 Å². The van der Waals surface area contributed by atoms with Gasteiger partial charge >= 0.3 is 6.18 Å². The topological polar surface area (TPSA) is 56.3 Å². The maximum atomic E-state index is 13.3. The molecular formula is C11H5F4NO3. The van der Waals surface area contributed by atoms with Crippen molar-refractivity contribution in [2.45, 2.75) is 6.18 Å². The number of hydrogen-bond donors (Lipinski definition) is 0. The number of nitrogens with zero attached hydrogens (tertiary/aromatic N) is 1. The molecule has 1 aromatic heterocycles. The van der Waals surface area contributed by atoms with Gasteiger partial charge < -0.3 is 4.42 Å². The molecule has 0 amide bonds. The van der Waals surface area contributed by atoms with Gasteiger partial charge in [0.25, 0.3) is 5.69 Å². The summed E-state index contributed by atoms with van der Waals surface area (Å²) in [4.78, 5) is 9.77. The van der Waals surface area contributed by atoms with Crippen LogP contribution in [0.2, 0.25) is 0 Å². The molecule has 2 aromatic rings. The second-order valence-electron chi connectivity index (χ2n) is 3.58. The van der Waals surface area contributed by atoms with Gasteiger partial charge in [-0.05, 0) is 18.2 Å². The van der Waals surface area contributed by atoms with E-state index in [0.29, 0.717) is 6.07 Å². The van der Waals surface area contributed by atoms with Crippen LogP contribution < -0.4 is 0 Å². The van der Waals surface area contributed by atoms with Crippen molar-refractivity contribution in [3.63, 3.8) is 0 Å². The molecule has 0 saturated carbocycles. The van der Waals surface area contributed by atoms with Gasteiger partial charge in [-0.3, -0.25) is 10.1 Å². The molecule has 0 fully saturated rings. The van der Waals surface area contributed by atoms with Crippen molar-refractivity contribution in [3.8, 4) is 11.3 Å². The molecule has 100 valence electrons. The third-order valence-corrected chi connectivity index (χ3v) is 2.37. The molecule has 0 aliphatic heterocycles. The normalized spacial score (nSPS) is 11.6. The van der Waals surface area contributed by atoms with Crippen molar-refractivity contribution in [1.29, 1.82) is 0 Å². The number of alkyl halides is 3. The van der Waals surface area contributed by atoms with Gasteiger partial charge in [-0.2, -0.15) is 13.2 Å². The fraction of sp³-hybridized carbons (Fsp3) is 0.0909. The predicted molar refractivity (Wildman–Crippen MR) is 55.8 cm³/mol. The Bertz CT molecular complexity index is 620. The van der Waals surface area contributed by atoms with Gasteiger partial charge in [0.1, 0.15) is 11.6 Å². The zero-order valence-electron chi connectivity index (χ0n) is 9.07. The van der Waals surface area contributed by atoms with Gasteiger partial charge in [0.05, 0.1) is 28.4 Å². The molecule has 0 aliphatic carbocycles. The van der Waals surface area contributed by atoms with Crippen LogP contribution in [-0.2, 0) is 6.18 Å². The molecule has 0 atom stereocenters. The minimum absolute atomic E-state index is 0.141. The first-order chi connectivity index (χ1) is 8.80. The van der Waals surface area contributed by atoms with Crippen LogP contribution in [-0.4, -0.2) is 4.92 Å². The smallest absolute Gasteiger partial charge is 0.419 e. The number of nitro benzene ring substituents is 1. The Labute approximate surface area is 103 Å². The van der Waals surface area contributed by atoms with Crippen molar-refractivity contribution < 1.29 is 26.9 Å². The summed E-state index contributed by atoms with van der Waals surface area (Å²) in [7, 11) is 0. The Hall–Kier alpha value is -2.38. The third kappa shape index (κ3) is 2.42. The average molecular weight is 275 g/mol. The van der Waals surface area contributed by atoms with Gasteiger partial charge in [-0.15, -0.1) is 0 Å². The lowest BCUT2D eigenvalue weighted by Crippen LogP contribution is -2.09. The first-order valence-corrected chi connectivity index (χ1v) is 4.89. The van der Waals surface area contributed by atoms with E-state index in [1.165, 1.54) is 12.1 Å². The molecule has 0 bridgehead atoms. The molecule has 0 spiro atoms. The molecule has 1 aromatic carbocycles. The summed E-state index contributed by atoms with van der Waals surface area (Å²) in [6.07, 6.45) is -3.80. The molecule has 0 unspecified atom stereocenters. The molecule has 0 radical (unpaired) electrons. The van der Waals surface area contributed by atoms with Gasteiger partial charge in [-0.1, -0.05) is 0 Å². The van der Waals surface area contributed by atoms with E-state index in [1.54, 1.807) is 0 Å². The average Bonchev–Trinajstić information content (AvgIpc) is 2.80. The Morgan fingerprint density at radius 1 is 1.26 bits per heavy atom. The zero-order valence-corrected chi connectivity index (χ0v) is 9.07. The molecule has 1 heterocycles. The van der Waals surface area contributed by atoms with Crippen LogP contribution in [0, 0.1) is 15.9 Å². The van der Waals surface area contributed by atoms with Crippen LogP contribution in [0.25, 0.3) is 11.3 Å². The Morgan fingerprint density at radius 3 is 2.42 bits per heavy atom. The first-order valence-electron chi connectivity index (χ1n) is 4.89. The predicted octanol–water partition coefficient (Wildman–Crippen LogP) is 4.01. The number of halogens is 4. The highest BCUT2D eigenvalue weighted by molar-refractivity contribution is 5.70. The third-order valence-electron chi connectivity index (χ3n) is 2.37. The van der Waals surface area contributed by atoms with Crippen LogP contribution in [0.4, 0.5) is 23.2 Å². The van der Waals surface area contributed by atoms with E-state index in [1.807, 2.05) is 0 Å². The molecule has 0 N–H and O–H groups in total. The maximum Gasteiger partial charge on any atom is 0.419 e. The Kier molecular flexibility index (Phi) is 3.01. The number of nitro groups is 1. The number of furan rings is 1. The minimum atomic E-state index is -4.94. The number of benzene rings is 1. The monoisotopic (exact) mass is 275 g/mol. The second kappa shape index (κ2) is 4.38. The standard InChI is InChI=1S/C11H5F4NO3/c12-8-5-9(16(17)18)6(10-2-1-3-19-10)4-7(8)11(13,14)15/h1-5H. The van der Waals surface area contributed by atoms with Crippen LogP contribution >= 0.6 is 0 Å². The largest absolute Gasteiger partial charge is 0.464 e. The molecule has 8 heteroatoms. The molecular weight excluding hydrogens is 270 g/mol. The van der Waals surface area contributed by atoms with Crippen LogP contribution in [0.1, 0.15) is 5.56 Å². The summed E-state index contributed by atoms with van der Waals surface area (Å²) >= 11 is 0. The van der Waals surface area contributed by atoms with Gasteiger partial charge in [0, 0.05) is 0 Å². The van der Waals surface area contributed by atoms with E-state index in [0.717, 1.165) is 6.26 Å². The quantitative estimate of drug-likeness (QED) is 0.472. The summed E-state index contributed by atoms with van der Waals surface area (Å²) in [6, 6.07) is 3.21. The summed E-state index contributed by atoms with van der Waals surface area (Å²) in [5, 5.41) is 10.7. The highest BCUT2D eigenvalue weighted by Gasteiger charge is 2.37. The SMILES string of the molecule is O=[N+]([O-])c1cc(F)c(C(F)(F)F)cc1-c1ccco1. The molecule has 19 heavy (non-hydrogen) atoms. The summed E-state index contributed by atoms with van der Waals surface area (Å²) in [5.41, 5.74) is -2.80. The van der Waals surface area contributed by atoms with Crippen LogP contribution in [0.15, 0.2) is 34.9 Å². The molecule has 2 rings (SSSR count). The van der Waals surface area contributed by atoms with Crippen molar-refractivity contribution in [2.75, 3.05) is 0 Å². The van der Waals surface area contributed by atoms with Crippen molar-refractivity contribution in [3.05, 3.63) is 52.0 Å². The van der Waals surface area contributed by atoms with Crippen molar-refractivity contribution in [1.82, 2.24) is 0 Å². The van der Waals surface area contributed by atoms with Crippen LogP contribution in [0.5, 0.6) is 0 Å². The lowest BCUT2D eigenvalue weighted by molar-refractivity contribution is -0.384. The molecule has 4 nitrogen and oxygen atoms in total. The van der Waals surface area contributed by atoms with Gasteiger partial charge in [0.15, 0.2) is 0 Å². The van der Waals surface area contributed by atoms with E-state index >= 15 is 0 Å². The Balaban J connectivity index is 2.72. The number of rotatable bonds is 2. The summed E-state index contributed by atoms with van der Waals surface area (Å²) < 4.78 is 55.8. The van der Waals surface area contributed by atoms with Crippen molar-refractivity contribution in [2.24, 2.45) is 0 Å². The van der Waals surface area contributed by atoms with Gasteiger partial charge in [0.2, 0.25) is 0 Å². The van der Waals surface area contributed by atoms with E-state index < -0.39 is 33.7 Å². The second-order valence-corrected chi connectivity index (χ2v) is 3.58. The van der Waals surface area contributed by atoms with E-state index in [-0.39, 0.29) is 11.8 Å². The van der Waals surface area contributed by atoms with E-state index in [4.69, 9.17) is 4.42 Å². The summed E-state index contributed by atoms with van der Waals surface area (Å²) in [6.45, 7) is 0. The molecule has 0 aliphatic rings. The van der Waals surface area contributed by atoms with Crippen molar-refractivity contribution >= 4 is 5.69 Å². The highest BCUT2D eigenvalue weighted by atomic mass is 19.4. The zero-order chi connectivity index (χ0) is 14.2. The van der Waals surface area contributed by atoms with Crippen LogP contribution in [0.3, 0.4) is 0 Å². The lowest BCUT2D eigenvalue weighted by atomic mass is 10.1. The Morgan fingerprint density at radius 2 is 1.95 bits per heavy atom. The van der Waals surface area contributed by atoms with E-state index in [9.17, 15) is 27.7 Å². The highest BCUT2D eigenvalue weighted by Crippen LogP contribution is 2.38. The maximum absolute atomic E-state index is 13.3. The fourth-order valence-electron chi connectivity index (χ4n) is 1.56. The van der Waals surface area contributed by atoms with Gasteiger partial charge in [-0.25, -0.2) is 4.39 Å².